The van der Waals surface area contributed by atoms with Crippen LogP contribution in [0.5, 0.6) is 0 Å². The molecule has 2 aromatic rings. The summed E-state index contributed by atoms with van der Waals surface area (Å²) in [7, 11) is 0. The Morgan fingerprint density at radius 3 is 2.64 bits per heavy atom. The molecular weight excluding hydrogens is 354 g/mol. The van der Waals surface area contributed by atoms with E-state index >= 15 is 0 Å². The molecule has 2 atom stereocenters. The second-order valence-corrected chi connectivity index (χ2v) is 7.64. The van der Waals surface area contributed by atoms with Crippen LogP contribution in [0.3, 0.4) is 0 Å². The maximum atomic E-state index is 12.4. The first-order valence-electron chi connectivity index (χ1n) is 9.80. The number of carbonyl (C=O) groups is 1. The summed E-state index contributed by atoms with van der Waals surface area (Å²) in [6.45, 7) is 6.39. The van der Waals surface area contributed by atoms with Crippen LogP contribution >= 0.6 is 0 Å². The predicted octanol–water partition coefficient (Wildman–Crippen LogP) is 4.25. The minimum absolute atomic E-state index is 0.00869. The molecule has 0 aromatic heterocycles. The van der Waals surface area contributed by atoms with Crippen LogP contribution in [0.1, 0.15) is 43.9 Å². The van der Waals surface area contributed by atoms with Gasteiger partial charge in [0.1, 0.15) is 0 Å². The lowest BCUT2D eigenvalue weighted by Gasteiger charge is -2.33. The molecule has 2 aromatic carbocycles. The summed E-state index contributed by atoms with van der Waals surface area (Å²) < 4.78 is 0. The second kappa shape index (κ2) is 8.87. The molecule has 0 radical (unpaired) electrons. The zero-order valence-corrected chi connectivity index (χ0v) is 16.4. The maximum absolute atomic E-state index is 12.4. The summed E-state index contributed by atoms with van der Waals surface area (Å²) >= 11 is 0. The molecule has 1 N–H and O–H groups in total. The standard InChI is InChI=1S/C22H27N3O3/c1-16-6-5-13-24(15-16)20-11-9-18(10-12-20)17(2)23-22(26)14-19-7-3-4-8-21(19)25(27)28/h3-4,7-12,16-17H,5-6,13-15H2,1-2H3,(H,23,26)/t16-,17-/m0/s1. The summed E-state index contributed by atoms with van der Waals surface area (Å²) in [5.41, 5.74) is 2.63. The minimum Gasteiger partial charge on any atom is -0.371 e. The van der Waals surface area contributed by atoms with Crippen molar-refractivity contribution in [3.63, 3.8) is 0 Å². The van der Waals surface area contributed by atoms with Gasteiger partial charge in [0.2, 0.25) is 5.91 Å². The van der Waals surface area contributed by atoms with Crippen molar-refractivity contribution in [3.05, 3.63) is 69.8 Å². The Morgan fingerprint density at radius 1 is 1.25 bits per heavy atom. The first-order chi connectivity index (χ1) is 13.4. The normalized spacial score (nSPS) is 17.8. The predicted molar refractivity (Wildman–Crippen MR) is 110 cm³/mol. The first-order valence-corrected chi connectivity index (χ1v) is 9.80. The van der Waals surface area contributed by atoms with Crippen LogP contribution in [0.4, 0.5) is 11.4 Å². The van der Waals surface area contributed by atoms with Crippen LogP contribution in [-0.2, 0) is 11.2 Å². The van der Waals surface area contributed by atoms with Crippen molar-refractivity contribution < 1.29 is 9.72 Å². The fourth-order valence-corrected chi connectivity index (χ4v) is 3.78. The molecule has 6 nitrogen and oxygen atoms in total. The zero-order valence-electron chi connectivity index (χ0n) is 16.4. The van der Waals surface area contributed by atoms with Gasteiger partial charge in [-0.2, -0.15) is 0 Å². The first kappa shape index (κ1) is 19.9. The molecule has 3 rings (SSSR count). The van der Waals surface area contributed by atoms with E-state index < -0.39 is 4.92 Å². The van der Waals surface area contributed by atoms with Crippen molar-refractivity contribution >= 4 is 17.3 Å². The Bertz CT molecular complexity index is 835. The largest absolute Gasteiger partial charge is 0.371 e. The fourth-order valence-electron chi connectivity index (χ4n) is 3.78. The molecular formula is C22H27N3O3. The van der Waals surface area contributed by atoms with Gasteiger partial charge in [-0.3, -0.25) is 14.9 Å². The average molecular weight is 381 g/mol. The number of anilines is 1. The minimum atomic E-state index is -0.452. The van der Waals surface area contributed by atoms with E-state index in [2.05, 4.69) is 29.3 Å². The zero-order chi connectivity index (χ0) is 20.1. The summed E-state index contributed by atoms with van der Waals surface area (Å²) in [5.74, 6) is 0.490. The van der Waals surface area contributed by atoms with E-state index in [9.17, 15) is 14.9 Å². The molecule has 1 aliphatic rings. The van der Waals surface area contributed by atoms with Gasteiger partial charge in [-0.05, 0) is 43.4 Å². The number of amides is 1. The third-order valence-electron chi connectivity index (χ3n) is 5.33. The van der Waals surface area contributed by atoms with Crippen molar-refractivity contribution in [1.29, 1.82) is 0 Å². The average Bonchev–Trinajstić information content (AvgIpc) is 2.68. The van der Waals surface area contributed by atoms with Gasteiger partial charge < -0.3 is 10.2 Å². The van der Waals surface area contributed by atoms with E-state index in [1.807, 2.05) is 19.1 Å². The molecule has 0 unspecified atom stereocenters. The number of hydrogen-bond donors (Lipinski definition) is 1. The number of nitrogens with one attached hydrogen (secondary N) is 1. The number of carbonyl (C=O) groups excluding carboxylic acids is 1. The molecule has 0 bridgehead atoms. The number of rotatable bonds is 6. The molecule has 0 spiro atoms. The number of nitrogens with zero attached hydrogens (tertiary/aromatic N) is 2. The number of hydrogen-bond acceptors (Lipinski definition) is 4. The fraction of sp³-hybridized carbons (Fsp3) is 0.409. The van der Waals surface area contributed by atoms with Crippen molar-refractivity contribution in [3.8, 4) is 0 Å². The van der Waals surface area contributed by atoms with Gasteiger partial charge in [0, 0.05) is 30.4 Å². The number of piperidine rings is 1. The molecule has 1 aliphatic heterocycles. The highest BCUT2D eigenvalue weighted by Gasteiger charge is 2.19. The topological polar surface area (TPSA) is 75.5 Å². The van der Waals surface area contributed by atoms with Crippen LogP contribution in [-0.4, -0.2) is 23.9 Å². The van der Waals surface area contributed by atoms with E-state index in [-0.39, 0.29) is 24.1 Å². The van der Waals surface area contributed by atoms with Crippen LogP contribution in [0, 0.1) is 16.0 Å². The highest BCUT2D eigenvalue weighted by atomic mass is 16.6. The quantitative estimate of drug-likeness (QED) is 0.599. The third-order valence-corrected chi connectivity index (χ3v) is 5.33. The SMILES string of the molecule is C[C@H]1CCCN(c2ccc([C@H](C)NC(=O)Cc3ccccc3[N+](=O)[O-])cc2)C1. The summed E-state index contributed by atoms with van der Waals surface area (Å²) in [6, 6.07) is 14.5. The van der Waals surface area contributed by atoms with Crippen LogP contribution in [0.25, 0.3) is 0 Å². The molecule has 1 heterocycles. The summed E-state index contributed by atoms with van der Waals surface area (Å²) in [5, 5.41) is 14.0. The van der Waals surface area contributed by atoms with Crippen molar-refractivity contribution in [2.24, 2.45) is 5.92 Å². The van der Waals surface area contributed by atoms with Crippen LogP contribution in [0.2, 0.25) is 0 Å². The van der Waals surface area contributed by atoms with E-state index in [0.717, 1.165) is 18.7 Å². The van der Waals surface area contributed by atoms with Gasteiger partial charge in [-0.25, -0.2) is 0 Å². The van der Waals surface area contributed by atoms with Crippen LogP contribution in [0.15, 0.2) is 48.5 Å². The number of para-hydroxylation sites is 1. The molecule has 6 heteroatoms. The Morgan fingerprint density at radius 2 is 1.96 bits per heavy atom. The molecule has 1 amide bonds. The number of nitro benzene ring substituents is 1. The van der Waals surface area contributed by atoms with Crippen molar-refractivity contribution in [2.45, 2.75) is 39.2 Å². The smallest absolute Gasteiger partial charge is 0.273 e. The monoisotopic (exact) mass is 381 g/mol. The lowest BCUT2D eigenvalue weighted by molar-refractivity contribution is -0.385. The number of nitro groups is 1. The van der Waals surface area contributed by atoms with Gasteiger partial charge in [0.15, 0.2) is 0 Å². The Balaban J connectivity index is 1.60. The van der Waals surface area contributed by atoms with Gasteiger partial charge in [0.25, 0.3) is 5.69 Å². The van der Waals surface area contributed by atoms with Gasteiger partial charge >= 0.3 is 0 Å². The van der Waals surface area contributed by atoms with E-state index in [1.54, 1.807) is 18.2 Å². The number of benzene rings is 2. The maximum Gasteiger partial charge on any atom is 0.273 e. The Labute approximate surface area is 165 Å². The Kier molecular flexibility index (Phi) is 6.29. The van der Waals surface area contributed by atoms with E-state index in [0.29, 0.717) is 11.5 Å². The molecule has 28 heavy (non-hydrogen) atoms. The van der Waals surface area contributed by atoms with Gasteiger partial charge in [-0.15, -0.1) is 0 Å². The van der Waals surface area contributed by atoms with Gasteiger partial charge in [0.05, 0.1) is 17.4 Å². The van der Waals surface area contributed by atoms with Crippen LogP contribution < -0.4 is 10.2 Å². The summed E-state index contributed by atoms with van der Waals surface area (Å²) in [6.07, 6.45) is 2.50. The van der Waals surface area contributed by atoms with E-state index in [4.69, 9.17) is 0 Å². The van der Waals surface area contributed by atoms with Gasteiger partial charge in [-0.1, -0.05) is 37.3 Å². The van der Waals surface area contributed by atoms with Crippen molar-refractivity contribution in [1.82, 2.24) is 5.32 Å². The highest BCUT2D eigenvalue weighted by Crippen LogP contribution is 2.25. The molecule has 1 saturated heterocycles. The highest BCUT2D eigenvalue weighted by molar-refractivity contribution is 5.80. The molecule has 0 aliphatic carbocycles. The lowest BCUT2D eigenvalue weighted by Crippen LogP contribution is -2.34. The third kappa shape index (κ3) is 4.88. The molecule has 148 valence electrons. The Hall–Kier alpha value is -2.89. The molecule has 0 saturated carbocycles. The lowest BCUT2D eigenvalue weighted by atomic mass is 9.99. The second-order valence-electron chi connectivity index (χ2n) is 7.64. The summed E-state index contributed by atoms with van der Waals surface area (Å²) in [4.78, 5) is 25.4. The van der Waals surface area contributed by atoms with Crippen molar-refractivity contribution in [2.75, 3.05) is 18.0 Å². The molecule has 1 fully saturated rings. The van der Waals surface area contributed by atoms with E-state index in [1.165, 1.54) is 24.6 Å².